The van der Waals surface area contributed by atoms with E-state index in [0.717, 1.165) is 18.5 Å². The maximum absolute atomic E-state index is 11.3. The Morgan fingerprint density at radius 2 is 2.22 bits per heavy atom. The highest BCUT2D eigenvalue weighted by Crippen LogP contribution is 2.16. The molecule has 100 valence electrons. The Labute approximate surface area is 108 Å². The zero-order valence-corrected chi connectivity index (χ0v) is 11.2. The van der Waals surface area contributed by atoms with Crippen LogP contribution in [0, 0.1) is 0 Å². The summed E-state index contributed by atoms with van der Waals surface area (Å²) in [6, 6.07) is 3.81. The smallest absolute Gasteiger partial charge is 0.319 e. The molecule has 0 aliphatic carbocycles. The van der Waals surface area contributed by atoms with E-state index in [2.05, 4.69) is 11.9 Å². The van der Waals surface area contributed by atoms with Crippen LogP contribution in [0.2, 0.25) is 0 Å². The Bertz CT molecular complexity index is 382. The monoisotopic (exact) mass is 252 g/mol. The number of esters is 1. The molecule has 1 heterocycles. The second kappa shape index (κ2) is 7.66. The summed E-state index contributed by atoms with van der Waals surface area (Å²) in [6.45, 7) is 3.81. The highest BCUT2D eigenvalue weighted by molar-refractivity contribution is 5.71. The molecule has 5 heteroatoms. The molecule has 0 atom stereocenters. The summed E-state index contributed by atoms with van der Waals surface area (Å²) in [5.41, 5.74) is 0.970. The Morgan fingerprint density at radius 1 is 1.44 bits per heavy atom. The lowest BCUT2D eigenvalue weighted by Crippen LogP contribution is -2.31. The van der Waals surface area contributed by atoms with Crippen molar-refractivity contribution in [2.75, 3.05) is 27.3 Å². The van der Waals surface area contributed by atoms with Crippen LogP contribution < -0.4 is 4.74 Å². The van der Waals surface area contributed by atoms with Crippen LogP contribution in [-0.2, 0) is 16.1 Å². The predicted octanol–water partition coefficient (Wildman–Crippen LogP) is 1.48. The number of aromatic nitrogens is 1. The molecular formula is C13H20N2O3. The average Bonchev–Trinajstić information content (AvgIpc) is 2.39. The van der Waals surface area contributed by atoms with E-state index in [4.69, 9.17) is 9.47 Å². The van der Waals surface area contributed by atoms with Crippen LogP contribution in [0.4, 0.5) is 0 Å². The molecule has 1 aromatic heterocycles. The number of rotatable bonds is 7. The first-order chi connectivity index (χ1) is 8.71. The normalized spacial score (nSPS) is 10.4. The van der Waals surface area contributed by atoms with Crippen LogP contribution in [0.25, 0.3) is 0 Å². The molecule has 0 bridgehead atoms. The fourth-order valence-electron chi connectivity index (χ4n) is 1.75. The van der Waals surface area contributed by atoms with Gasteiger partial charge in [0.2, 0.25) is 5.88 Å². The number of hydrogen-bond acceptors (Lipinski definition) is 5. The van der Waals surface area contributed by atoms with Crippen molar-refractivity contribution in [3.63, 3.8) is 0 Å². The lowest BCUT2D eigenvalue weighted by atomic mass is 10.2. The van der Waals surface area contributed by atoms with E-state index in [1.54, 1.807) is 13.3 Å². The van der Waals surface area contributed by atoms with Gasteiger partial charge in [-0.1, -0.05) is 13.0 Å². The molecule has 0 aliphatic heterocycles. The third kappa shape index (κ3) is 4.33. The van der Waals surface area contributed by atoms with E-state index in [-0.39, 0.29) is 12.5 Å². The molecular weight excluding hydrogens is 232 g/mol. The van der Waals surface area contributed by atoms with E-state index in [9.17, 15) is 4.79 Å². The summed E-state index contributed by atoms with van der Waals surface area (Å²) in [7, 11) is 2.99. The second-order valence-electron chi connectivity index (χ2n) is 3.96. The highest BCUT2D eigenvalue weighted by atomic mass is 16.5. The number of ether oxygens (including phenoxy) is 2. The van der Waals surface area contributed by atoms with Crippen molar-refractivity contribution in [2.45, 2.75) is 19.9 Å². The van der Waals surface area contributed by atoms with E-state index in [1.807, 2.05) is 17.0 Å². The lowest BCUT2D eigenvalue weighted by molar-refractivity contribution is -0.142. The van der Waals surface area contributed by atoms with Crippen molar-refractivity contribution < 1.29 is 14.3 Å². The zero-order chi connectivity index (χ0) is 13.4. The molecule has 0 N–H and O–H groups in total. The predicted molar refractivity (Wildman–Crippen MR) is 68.4 cm³/mol. The Kier molecular flexibility index (Phi) is 6.14. The van der Waals surface area contributed by atoms with Crippen molar-refractivity contribution >= 4 is 5.97 Å². The van der Waals surface area contributed by atoms with Crippen LogP contribution in [-0.4, -0.2) is 43.2 Å². The molecule has 18 heavy (non-hydrogen) atoms. The van der Waals surface area contributed by atoms with E-state index < -0.39 is 0 Å². The van der Waals surface area contributed by atoms with Gasteiger partial charge in [0.05, 0.1) is 20.8 Å². The Balaban J connectivity index is 2.72. The lowest BCUT2D eigenvalue weighted by Gasteiger charge is -2.20. The minimum Gasteiger partial charge on any atom is -0.481 e. The summed E-state index contributed by atoms with van der Waals surface area (Å²) in [6.07, 6.45) is 2.66. The van der Waals surface area contributed by atoms with Gasteiger partial charge in [-0.05, 0) is 19.0 Å². The summed E-state index contributed by atoms with van der Waals surface area (Å²) < 4.78 is 9.90. The van der Waals surface area contributed by atoms with Gasteiger partial charge < -0.3 is 9.47 Å². The van der Waals surface area contributed by atoms with Crippen LogP contribution in [0.15, 0.2) is 18.3 Å². The standard InChI is InChI=1S/C13H20N2O3/c1-4-8-15(10-12(16)17-2)9-11-6-5-7-14-13(11)18-3/h5-7H,4,8-10H2,1-3H3. The van der Waals surface area contributed by atoms with Crippen LogP contribution in [0.3, 0.4) is 0 Å². The molecule has 0 amide bonds. The molecule has 0 fully saturated rings. The average molecular weight is 252 g/mol. The first-order valence-electron chi connectivity index (χ1n) is 5.98. The number of pyridine rings is 1. The largest absolute Gasteiger partial charge is 0.481 e. The molecule has 1 rings (SSSR count). The summed E-state index contributed by atoms with van der Waals surface area (Å²) in [5.74, 6) is 0.370. The number of methoxy groups -OCH3 is 2. The highest BCUT2D eigenvalue weighted by Gasteiger charge is 2.13. The minimum atomic E-state index is -0.230. The number of carbonyl (C=O) groups excluding carboxylic acids is 1. The minimum absolute atomic E-state index is 0.230. The van der Waals surface area contributed by atoms with Crippen molar-refractivity contribution in [1.29, 1.82) is 0 Å². The van der Waals surface area contributed by atoms with Gasteiger partial charge in [0.1, 0.15) is 0 Å². The Morgan fingerprint density at radius 3 is 2.83 bits per heavy atom. The fraction of sp³-hybridized carbons (Fsp3) is 0.538. The molecule has 5 nitrogen and oxygen atoms in total. The topological polar surface area (TPSA) is 51.7 Å². The van der Waals surface area contributed by atoms with Gasteiger partial charge in [0.25, 0.3) is 0 Å². The van der Waals surface area contributed by atoms with Crippen molar-refractivity contribution in [2.24, 2.45) is 0 Å². The molecule has 0 aliphatic rings. The van der Waals surface area contributed by atoms with Gasteiger partial charge in [0, 0.05) is 18.3 Å². The molecule has 0 saturated carbocycles. The summed E-state index contributed by atoms with van der Waals surface area (Å²) in [5, 5.41) is 0. The zero-order valence-electron chi connectivity index (χ0n) is 11.2. The van der Waals surface area contributed by atoms with Crippen LogP contribution >= 0.6 is 0 Å². The van der Waals surface area contributed by atoms with Crippen molar-refractivity contribution in [1.82, 2.24) is 9.88 Å². The van der Waals surface area contributed by atoms with Gasteiger partial charge in [0.15, 0.2) is 0 Å². The van der Waals surface area contributed by atoms with Crippen LogP contribution in [0.5, 0.6) is 5.88 Å². The molecule has 0 unspecified atom stereocenters. The maximum Gasteiger partial charge on any atom is 0.319 e. The first kappa shape index (κ1) is 14.4. The molecule has 1 aromatic rings. The van der Waals surface area contributed by atoms with Gasteiger partial charge in [-0.3, -0.25) is 9.69 Å². The third-order valence-corrected chi connectivity index (χ3v) is 2.56. The molecule has 0 aromatic carbocycles. The Hall–Kier alpha value is -1.62. The van der Waals surface area contributed by atoms with Gasteiger partial charge in [-0.15, -0.1) is 0 Å². The van der Waals surface area contributed by atoms with E-state index >= 15 is 0 Å². The second-order valence-corrected chi connectivity index (χ2v) is 3.96. The van der Waals surface area contributed by atoms with Gasteiger partial charge >= 0.3 is 5.97 Å². The van der Waals surface area contributed by atoms with Crippen molar-refractivity contribution in [3.8, 4) is 5.88 Å². The van der Waals surface area contributed by atoms with Crippen LogP contribution in [0.1, 0.15) is 18.9 Å². The quantitative estimate of drug-likeness (QED) is 0.688. The summed E-state index contributed by atoms with van der Waals surface area (Å²) in [4.78, 5) is 17.5. The number of carbonyl (C=O) groups is 1. The molecule has 0 radical (unpaired) electrons. The summed E-state index contributed by atoms with van der Waals surface area (Å²) >= 11 is 0. The maximum atomic E-state index is 11.3. The van der Waals surface area contributed by atoms with Crippen molar-refractivity contribution in [3.05, 3.63) is 23.9 Å². The van der Waals surface area contributed by atoms with E-state index in [0.29, 0.717) is 12.4 Å². The van der Waals surface area contributed by atoms with Gasteiger partial charge in [-0.25, -0.2) is 4.98 Å². The van der Waals surface area contributed by atoms with Gasteiger partial charge in [-0.2, -0.15) is 0 Å². The SMILES string of the molecule is CCCN(CC(=O)OC)Cc1cccnc1OC. The van der Waals surface area contributed by atoms with E-state index in [1.165, 1.54) is 7.11 Å². The molecule has 0 saturated heterocycles. The number of hydrogen-bond donors (Lipinski definition) is 0. The third-order valence-electron chi connectivity index (χ3n) is 2.56. The first-order valence-corrected chi connectivity index (χ1v) is 5.98. The molecule has 0 spiro atoms. The number of nitrogens with zero attached hydrogens (tertiary/aromatic N) is 2. The fourth-order valence-corrected chi connectivity index (χ4v) is 1.75.